The number of hydrogen-bond donors (Lipinski definition) is 3. The summed E-state index contributed by atoms with van der Waals surface area (Å²) in [6, 6.07) is 17.8. The Morgan fingerprint density at radius 3 is 2.12 bits per heavy atom. The number of benzene rings is 3. The number of nitrogens with one attached hydrogen (secondary N) is 2. The molecule has 42 heavy (non-hydrogen) atoms. The number of anilines is 1. The van der Waals surface area contributed by atoms with E-state index in [4.69, 9.17) is 15.9 Å². The summed E-state index contributed by atoms with van der Waals surface area (Å²) in [7, 11) is 1.55. The molecule has 0 bridgehead atoms. The molecule has 3 N–H and O–H groups in total. The summed E-state index contributed by atoms with van der Waals surface area (Å²) in [5.74, 6) is 2.31. The number of phenolic OH excluding ortho intramolecular Hbond substituents is 1. The van der Waals surface area contributed by atoms with Crippen LogP contribution in [-0.2, 0) is 20.7 Å². The van der Waals surface area contributed by atoms with E-state index in [1.807, 2.05) is 0 Å². The highest BCUT2D eigenvalue weighted by Gasteiger charge is 2.35. The molecule has 0 aliphatic carbocycles. The molecule has 0 radical (unpaired) electrons. The molecule has 0 spiro atoms. The number of alkyl carbamates (subject to hydrolysis) is 1. The predicted octanol–water partition coefficient (Wildman–Crippen LogP) is 5.05. The monoisotopic (exact) mass is 571 g/mol. The van der Waals surface area contributed by atoms with Gasteiger partial charge in [0.1, 0.15) is 29.2 Å². The highest BCUT2D eigenvalue weighted by atomic mass is 16.6. The van der Waals surface area contributed by atoms with E-state index >= 15 is 0 Å². The van der Waals surface area contributed by atoms with E-state index in [0.29, 0.717) is 28.1 Å². The van der Waals surface area contributed by atoms with Crippen LogP contribution in [0.3, 0.4) is 0 Å². The lowest BCUT2D eigenvalue weighted by molar-refractivity contribution is -0.140. The Bertz CT molecular complexity index is 1400. The highest BCUT2D eigenvalue weighted by molar-refractivity contribution is 5.99. The molecule has 2 unspecified atom stereocenters. The standard InChI is InChI=1S/C33H37N3O6/c1-7-22-9-13-24(14-10-22)29(30(38)34-25-15-19-27(41-6)20-16-25)36(8-2)31(39)28(35-32(40)42-33(3,4)5)21-23-11-17-26(37)18-12-23/h1,9-20,28-29,37H,8,21H2,2-6H3,(H,34,38)(H,35,40). The number of rotatable bonds is 10. The topological polar surface area (TPSA) is 117 Å². The van der Waals surface area contributed by atoms with Crippen molar-refractivity contribution in [2.45, 2.75) is 51.8 Å². The van der Waals surface area contributed by atoms with Gasteiger partial charge in [-0.05, 0) is 87.4 Å². The smallest absolute Gasteiger partial charge is 0.408 e. The Kier molecular flexibility index (Phi) is 10.6. The maximum Gasteiger partial charge on any atom is 0.408 e. The lowest BCUT2D eigenvalue weighted by Crippen LogP contribution is -2.53. The van der Waals surface area contributed by atoms with Crippen LogP contribution in [0, 0.1) is 12.3 Å². The second-order valence-electron chi connectivity index (χ2n) is 10.6. The molecule has 9 nitrogen and oxygen atoms in total. The van der Waals surface area contributed by atoms with Gasteiger partial charge in [-0.3, -0.25) is 9.59 Å². The van der Waals surface area contributed by atoms with Crippen LogP contribution in [0.25, 0.3) is 0 Å². The van der Waals surface area contributed by atoms with Crippen LogP contribution >= 0.6 is 0 Å². The van der Waals surface area contributed by atoms with Crippen molar-refractivity contribution in [3.63, 3.8) is 0 Å². The van der Waals surface area contributed by atoms with Crippen LogP contribution in [0.4, 0.5) is 10.5 Å². The van der Waals surface area contributed by atoms with E-state index in [9.17, 15) is 19.5 Å². The zero-order chi connectivity index (χ0) is 30.9. The van der Waals surface area contributed by atoms with Gasteiger partial charge in [-0.1, -0.05) is 30.2 Å². The van der Waals surface area contributed by atoms with Crippen LogP contribution in [0.15, 0.2) is 72.8 Å². The van der Waals surface area contributed by atoms with Gasteiger partial charge in [0.15, 0.2) is 0 Å². The van der Waals surface area contributed by atoms with Crippen molar-refractivity contribution in [1.29, 1.82) is 0 Å². The van der Waals surface area contributed by atoms with Crippen LogP contribution in [0.5, 0.6) is 11.5 Å². The summed E-state index contributed by atoms with van der Waals surface area (Å²) in [6.07, 6.45) is 4.86. The van der Waals surface area contributed by atoms with Gasteiger partial charge in [0, 0.05) is 24.2 Å². The SMILES string of the molecule is C#Cc1ccc(C(C(=O)Nc2ccc(OC)cc2)N(CC)C(=O)C(Cc2ccc(O)cc2)NC(=O)OC(C)(C)C)cc1. The molecule has 0 aliphatic heterocycles. The fourth-order valence-corrected chi connectivity index (χ4v) is 4.30. The third-order valence-electron chi connectivity index (χ3n) is 6.30. The first-order valence-corrected chi connectivity index (χ1v) is 13.5. The molecule has 0 fully saturated rings. The first-order valence-electron chi connectivity index (χ1n) is 13.5. The average molecular weight is 572 g/mol. The Morgan fingerprint density at radius 2 is 1.60 bits per heavy atom. The minimum atomic E-state index is -1.08. The van der Waals surface area contributed by atoms with Crippen molar-refractivity contribution in [1.82, 2.24) is 10.2 Å². The van der Waals surface area contributed by atoms with Gasteiger partial charge >= 0.3 is 6.09 Å². The highest BCUT2D eigenvalue weighted by Crippen LogP contribution is 2.26. The number of carbonyl (C=O) groups is 3. The maximum atomic E-state index is 14.2. The number of aromatic hydroxyl groups is 1. The number of carbonyl (C=O) groups excluding carboxylic acids is 3. The van der Waals surface area contributed by atoms with E-state index in [1.165, 1.54) is 17.0 Å². The van der Waals surface area contributed by atoms with Crippen molar-refractivity contribution in [2.75, 3.05) is 19.0 Å². The van der Waals surface area contributed by atoms with Crippen molar-refractivity contribution in [3.05, 3.63) is 89.5 Å². The van der Waals surface area contributed by atoms with Crippen LogP contribution < -0.4 is 15.4 Å². The Morgan fingerprint density at radius 1 is 0.976 bits per heavy atom. The van der Waals surface area contributed by atoms with E-state index in [1.54, 1.807) is 95.5 Å². The van der Waals surface area contributed by atoms with Gasteiger partial charge in [-0.25, -0.2) is 4.79 Å². The number of phenols is 1. The molecule has 9 heteroatoms. The summed E-state index contributed by atoms with van der Waals surface area (Å²) in [5, 5.41) is 15.3. The first-order chi connectivity index (χ1) is 19.9. The molecule has 220 valence electrons. The predicted molar refractivity (Wildman–Crippen MR) is 161 cm³/mol. The number of nitrogens with zero attached hydrogens (tertiary/aromatic N) is 1. The van der Waals surface area contributed by atoms with Crippen LogP contribution in [0.1, 0.15) is 50.4 Å². The van der Waals surface area contributed by atoms with E-state index in [-0.39, 0.29) is 18.7 Å². The van der Waals surface area contributed by atoms with Gasteiger partial charge < -0.3 is 30.1 Å². The zero-order valence-electron chi connectivity index (χ0n) is 24.5. The van der Waals surface area contributed by atoms with Crippen molar-refractivity contribution < 1.29 is 29.0 Å². The number of methoxy groups -OCH3 is 1. The van der Waals surface area contributed by atoms with Crippen LogP contribution in [0.2, 0.25) is 0 Å². The van der Waals surface area contributed by atoms with Gasteiger partial charge in [0.2, 0.25) is 5.91 Å². The maximum absolute atomic E-state index is 14.2. The molecule has 0 heterocycles. The molecule has 0 aromatic heterocycles. The van der Waals surface area contributed by atoms with Gasteiger partial charge in [0.05, 0.1) is 7.11 Å². The fraction of sp³-hybridized carbons (Fsp3) is 0.303. The Balaban J connectivity index is 2.00. The van der Waals surface area contributed by atoms with Crippen molar-refractivity contribution >= 4 is 23.6 Å². The molecule has 3 aromatic rings. The number of amides is 3. The molecular formula is C33H37N3O6. The van der Waals surface area contributed by atoms with Crippen LogP contribution in [-0.4, -0.2) is 53.2 Å². The normalized spacial score (nSPS) is 12.3. The molecule has 3 rings (SSSR count). The summed E-state index contributed by atoms with van der Waals surface area (Å²) in [4.78, 5) is 42.3. The van der Waals surface area contributed by atoms with E-state index in [0.717, 1.165) is 0 Å². The number of ether oxygens (including phenoxy) is 2. The van der Waals surface area contributed by atoms with Gasteiger partial charge in [-0.2, -0.15) is 0 Å². The number of likely N-dealkylation sites (N-methyl/N-ethyl adjacent to an activating group) is 1. The Hall–Kier alpha value is -4.97. The van der Waals surface area contributed by atoms with Crippen molar-refractivity contribution in [2.24, 2.45) is 0 Å². The quantitative estimate of drug-likeness (QED) is 0.294. The molecular weight excluding hydrogens is 534 g/mol. The third kappa shape index (κ3) is 8.77. The minimum Gasteiger partial charge on any atom is -0.508 e. The second kappa shape index (κ2) is 14.1. The third-order valence-corrected chi connectivity index (χ3v) is 6.30. The summed E-state index contributed by atoms with van der Waals surface area (Å²) in [5.41, 5.74) is 1.58. The molecule has 0 saturated heterocycles. The van der Waals surface area contributed by atoms with Crippen molar-refractivity contribution in [3.8, 4) is 23.8 Å². The fourth-order valence-electron chi connectivity index (χ4n) is 4.30. The number of hydrogen-bond acceptors (Lipinski definition) is 6. The van der Waals surface area contributed by atoms with E-state index < -0.39 is 35.6 Å². The largest absolute Gasteiger partial charge is 0.508 e. The number of terminal acetylenes is 1. The lowest BCUT2D eigenvalue weighted by atomic mass is 9.99. The second-order valence-corrected chi connectivity index (χ2v) is 10.6. The summed E-state index contributed by atoms with van der Waals surface area (Å²) < 4.78 is 10.6. The molecule has 0 aliphatic rings. The molecule has 2 atom stereocenters. The average Bonchev–Trinajstić information content (AvgIpc) is 2.95. The first kappa shape index (κ1) is 31.6. The minimum absolute atomic E-state index is 0.0718. The van der Waals surface area contributed by atoms with Gasteiger partial charge in [0.25, 0.3) is 5.91 Å². The summed E-state index contributed by atoms with van der Waals surface area (Å²) >= 11 is 0. The molecule has 0 saturated carbocycles. The van der Waals surface area contributed by atoms with Gasteiger partial charge in [-0.15, -0.1) is 6.42 Å². The zero-order valence-corrected chi connectivity index (χ0v) is 24.5. The molecule has 3 aromatic carbocycles. The lowest BCUT2D eigenvalue weighted by Gasteiger charge is -2.34. The Labute approximate surface area is 246 Å². The van der Waals surface area contributed by atoms with E-state index in [2.05, 4.69) is 16.6 Å². The summed E-state index contributed by atoms with van der Waals surface area (Å²) in [6.45, 7) is 7.08. The molecule has 3 amide bonds.